The van der Waals surface area contributed by atoms with Crippen molar-refractivity contribution in [2.24, 2.45) is 0 Å². The van der Waals surface area contributed by atoms with Gasteiger partial charge in [0.25, 0.3) is 11.6 Å². The highest BCUT2D eigenvalue weighted by atomic mass is 32.2. The summed E-state index contributed by atoms with van der Waals surface area (Å²) in [7, 11) is 0. The Kier molecular flexibility index (Phi) is 5.89. The quantitative estimate of drug-likeness (QED) is 0.637. The maximum absolute atomic E-state index is 12.6. The minimum atomic E-state index is -0.472. The second-order valence-corrected chi connectivity index (χ2v) is 8.50. The molecule has 2 aliphatic heterocycles. The molecule has 0 radical (unpaired) electrons. The van der Waals surface area contributed by atoms with Crippen LogP contribution in [0.15, 0.2) is 18.2 Å². The van der Waals surface area contributed by atoms with Crippen molar-refractivity contribution in [3.05, 3.63) is 33.9 Å². The second kappa shape index (κ2) is 8.11. The van der Waals surface area contributed by atoms with Crippen molar-refractivity contribution >= 4 is 40.8 Å². The number of nitrogens with one attached hydrogen (secondary N) is 1. The van der Waals surface area contributed by atoms with Crippen LogP contribution < -0.4 is 5.32 Å². The molecule has 1 N–H and O–H groups in total. The van der Waals surface area contributed by atoms with Gasteiger partial charge in [0, 0.05) is 53.9 Å². The lowest BCUT2D eigenvalue weighted by molar-refractivity contribution is -0.385. The highest BCUT2D eigenvalue weighted by Crippen LogP contribution is 2.27. The molecule has 3 rings (SSSR count). The number of nitro groups is 1. The Bertz CT molecular complexity index is 615. The number of hydrogen-bond acceptors (Lipinski definition) is 6. The largest absolute Gasteiger partial charge is 0.384 e. The smallest absolute Gasteiger partial charge is 0.282 e. The fraction of sp³-hybridized carbons (Fsp3) is 0.562. The molecule has 1 aromatic rings. The Morgan fingerprint density at radius 3 is 2.79 bits per heavy atom. The normalized spacial score (nSPS) is 20.8. The molecule has 0 aromatic heterocycles. The molecule has 0 bridgehead atoms. The van der Waals surface area contributed by atoms with E-state index in [0.717, 1.165) is 36.6 Å². The Labute approximate surface area is 149 Å². The Hall–Kier alpha value is -1.41. The standard InChI is InChI=1S/C16H21N3O3S2/c20-16(18-5-1-2-6-18)14-9-12(3-4-15(14)19(21)22)17-10-13-11-23-7-8-24-13/h3-4,9,13,17H,1-2,5-8,10-11H2. The first kappa shape index (κ1) is 17.4. The van der Waals surface area contributed by atoms with Crippen molar-refractivity contribution < 1.29 is 9.72 Å². The fourth-order valence-electron chi connectivity index (χ4n) is 2.95. The minimum absolute atomic E-state index is 0.111. The molecule has 6 nitrogen and oxygen atoms in total. The number of hydrogen-bond donors (Lipinski definition) is 1. The molecular formula is C16H21N3O3S2. The van der Waals surface area contributed by atoms with Gasteiger partial charge in [-0.1, -0.05) is 0 Å². The summed E-state index contributed by atoms with van der Waals surface area (Å²) < 4.78 is 0. The third-order valence-electron chi connectivity index (χ3n) is 4.24. The van der Waals surface area contributed by atoms with Gasteiger partial charge in [-0.15, -0.1) is 0 Å². The molecule has 0 aliphatic carbocycles. The van der Waals surface area contributed by atoms with Crippen LogP contribution >= 0.6 is 23.5 Å². The number of nitro benzene ring substituents is 1. The number of carbonyl (C=O) groups excluding carboxylic acids is 1. The third-order valence-corrected chi connectivity index (χ3v) is 7.08. The van der Waals surface area contributed by atoms with E-state index in [0.29, 0.717) is 18.3 Å². The van der Waals surface area contributed by atoms with E-state index in [4.69, 9.17) is 0 Å². The van der Waals surface area contributed by atoms with Crippen LogP contribution in [0.2, 0.25) is 0 Å². The number of amides is 1. The highest BCUT2D eigenvalue weighted by Gasteiger charge is 2.27. The molecule has 0 spiro atoms. The Morgan fingerprint density at radius 2 is 2.12 bits per heavy atom. The number of benzene rings is 1. The summed E-state index contributed by atoms with van der Waals surface area (Å²) in [5, 5.41) is 15.1. The number of carbonyl (C=O) groups is 1. The number of anilines is 1. The van der Waals surface area contributed by atoms with Gasteiger partial charge in [0.1, 0.15) is 5.56 Å². The van der Waals surface area contributed by atoms with Gasteiger partial charge in [-0.05, 0) is 25.0 Å². The lowest BCUT2D eigenvalue weighted by atomic mass is 10.1. The molecule has 1 atom stereocenters. The van der Waals surface area contributed by atoms with Gasteiger partial charge in [0.15, 0.2) is 0 Å². The van der Waals surface area contributed by atoms with E-state index in [1.165, 1.54) is 11.8 Å². The van der Waals surface area contributed by atoms with Crippen molar-refractivity contribution in [2.45, 2.75) is 18.1 Å². The first-order valence-electron chi connectivity index (χ1n) is 8.16. The highest BCUT2D eigenvalue weighted by molar-refractivity contribution is 8.06. The minimum Gasteiger partial charge on any atom is -0.384 e. The number of thioether (sulfide) groups is 2. The van der Waals surface area contributed by atoms with Crippen LogP contribution in [0.25, 0.3) is 0 Å². The van der Waals surface area contributed by atoms with Crippen LogP contribution in [0.5, 0.6) is 0 Å². The van der Waals surface area contributed by atoms with Crippen LogP contribution in [-0.2, 0) is 0 Å². The zero-order valence-electron chi connectivity index (χ0n) is 13.4. The van der Waals surface area contributed by atoms with E-state index in [1.807, 2.05) is 23.5 Å². The second-order valence-electron chi connectivity index (χ2n) is 5.94. The maximum Gasteiger partial charge on any atom is 0.282 e. The van der Waals surface area contributed by atoms with E-state index >= 15 is 0 Å². The molecule has 130 valence electrons. The van der Waals surface area contributed by atoms with Gasteiger partial charge in [-0.3, -0.25) is 14.9 Å². The molecule has 1 amide bonds. The fourth-order valence-corrected chi connectivity index (χ4v) is 5.57. The van der Waals surface area contributed by atoms with Crippen LogP contribution in [0.4, 0.5) is 11.4 Å². The molecule has 0 saturated carbocycles. The lowest BCUT2D eigenvalue weighted by Crippen LogP contribution is -2.28. The molecule has 24 heavy (non-hydrogen) atoms. The summed E-state index contributed by atoms with van der Waals surface area (Å²) in [6.07, 6.45) is 1.93. The van der Waals surface area contributed by atoms with Crippen LogP contribution in [0.1, 0.15) is 23.2 Å². The molecule has 1 aromatic carbocycles. The van der Waals surface area contributed by atoms with E-state index in [9.17, 15) is 14.9 Å². The molecule has 2 fully saturated rings. The van der Waals surface area contributed by atoms with Crippen molar-refractivity contribution in [1.82, 2.24) is 4.90 Å². The first-order valence-corrected chi connectivity index (χ1v) is 10.4. The van der Waals surface area contributed by atoms with Gasteiger partial charge in [-0.25, -0.2) is 0 Å². The van der Waals surface area contributed by atoms with Crippen molar-refractivity contribution in [3.8, 4) is 0 Å². The van der Waals surface area contributed by atoms with Crippen LogP contribution in [-0.4, -0.2) is 57.9 Å². The van der Waals surface area contributed by atoms with Crippen LogP contribution in [0, 0.1) is 10.1 Å². The predicted molar refractivity (Wildman–Crippen MR) is 100 cm³/mol. The SMILES string of the molecule is O=C(c1cc(NCC2CSCCS2)ccc1[N+](=O)[O-])N1CCCC1. The summed E-state index contributed by atoms with van der Waals surface area (Å²) in [5.74, 6) is 3.25. The Balaban J connectivity index is 1.74. The summed E-state index contributed by atoms with van der Waals surface area (Å²) in [6.45, 7) is 2.18. The monoisotopic (exact) mass is 367 g/mol. The van der Waals surface area contributed by atoms with Crippen molar-refractivity contribution in [2.75, 3.05) is 42.2 Å². The van der Waals surface area contributed by atoms with Gasteiger partial charge in [0.2, 0.25) is 0 Å². The summed E-state index contributed by atoms with van der Waals surface area (Å²) in [4.78, 5) is 25.1. The zero-order chi connectivity index (χ0) is 16.9. The van der Waals surface area contributed by atoms with Crippen LogP contribution in [0.3, 0.4) is 0 Å². The average molecular weight is 367 g/mol. The lowest BCUT2D eigenvalue weighted by Gasteiger charge is -2.22. The topological polar surface area (TPSA) is 75.5 Å². The molecule has 1 unspecified atom stereocenters. The van der Waals surface area contributed by atoms with Gasteiger partial charge >= 0.3 is 0 Å². The third kappa shape index (κ3) is 4.16. The summed E-state index contributed by atoms with van der Waals surface area (Å²) in [5.41, 5.74) is 0.858. The molecular weight excluding hydrogens is 346 g/mol. The van der Waals surface area contributed by atoms with Gasteiger partial charge < -0.3 is 10.2 Å². The van der Waals surface area contributed by atoms with E-state index < -0.39 is 4.92 Å². The van der Waals surface area contributed by atoms with E-state index in [2.05, 4.69) is 5.32 Å². The Morgan fingerprint density at radius 1 is 1.33 bits per heavy atom. The molecule has 8 heteroatoms. The number of rotatable bonds is 5. The maximum atomic E-state index is 12.6. The van der Waals surface area contributed by atoms with Crippen molar-refractivity contribution in [3.63, 3.8) is 0 Å². The van der Waals surface area contributed by atoms with E-state index in [1.54, 1.807) is 17.0 Å². The van der Waals surface area contributed by atoms with E-state index in [-0.39, 0.29) is 17.2 Å². The van der Waals surface area contributed by atoms with Crippen molar-refractivity contribution in [1.29, 1.82) is 0 Å². The number of likely N-dealkylation sites (tertiary alicyclic amines) is 1. The number of nitrogens with zero attached hydrogens (tertiary/aromatic N) is 2. The predicted octanol–water partition coefficient (Wildman–Crippen LogP) is 3.09. The zero-order valence-corrected chi connectivity index (χ0v) is 15.0. The molecule has 2 aliphatic rings. The van der Waals surface area contributed by atoms with Gasteiger partial charge in [0.05, 0.1) is 4.92 Å². The summed E-state index contributed by atoms with van der Waals surface area (Å²) in [6, 6.07) is 4.77. The first-order chi connectivity index (χ1) is 11.6. The molecule has 2 heterocycles. The van der Waals surface area contributed by atoms with Gasteiger partial charge in [-0.2, -0.15) is 23.5 Å². The summed E-state index contributed by atoms with van der Waals surface area (Å²) >= 11 is 3.91. The molecule has 2 saturated heterocycles. The average Bonchev–Trinajstić information content (AvgIpc) is 3.14.